The van der Waals surface area contributed by atoms with E-state index in [-0.39, 0.29) is 5.78 Å². The summed E-state index contributed by atoms with van der Waals surface area (Å²) in [7, 11) is 0. The molecule has 0 aliphatic heterocycles. The fourth-order valence-corrected chi connectivity index (χ4v) is 2.76. The molecule has 0 fully saturated rings. The smallest absolute Gasteiger partial charge is 0.170 e. The summed E-state index contributed by atoms with van der Waals surface area (Å²) in [6.45, 7) is 5.15. The van der Waals surface area contributed by atoms with E-state index < -0.39 is 0 Å². The van der Waals surface area contributed by atoms with Crippen molar-refractivity contribution >= 4 is 17.5 Å². The van der Waals surface area contributed by atoms with Crippen LogP contribution in [0.3, 0.4) is 0 Å². The Balaban J connectivity index is 2.05. The lowest BCUT2D eigenvalue weighted by atomic mass is 10.1. The molecule has 3 nitrogen and oxygen atoms in total. The molecule has 0 radical (unpaired) electrons. The van der Waals surface area contributed by atoms with Gasteiger partial charge >= 0.3 is 0 Å². The van der Waals surface area contributed by atoms with Gasteiger partial charge < -0.3 is 4.57 Å². The number of hydrogen-bond acceptors (Lipinski definition) is 3. The van der Waals surface area contributed by atoms with Crippen LogP contribution in [0, 0.1) is 0 Å². The number of nitrogens with zero attached hydrogens (tertiary/aromatic N) is 2. The fourth-order valence-electron chi connectivity index (χ4n) is 2.10. The van der Waals surface area contributed by atoms with E-state index >= 15 is 0 Å². The molecule has 2 rings (SSSR count). The zero-order chi connectivity index (χ0) is 14.4. The highest BCUT2D eigenvalue weighted by Crippen LogP contribution is 2.18. The van der Waals surface area contributed by atoms with Gasteiger partial charge in [-0.2, -0.15) is 0 Å². The first-order valence-corrected chi connectivity index (χ1v) is 7.99. The molecule has 0 atom stereocenters. The maximum Gasteiger partial charge on any atom is 0.170 e. The minimum atomic E-state index is 0.126. The molecule has 0 saturated heterocycles. The van der Waals surface area contributed by atoms with Gasteiger partial charge in [-0.1, -0.05) is 26.0 Å². The van der Waals surface area contributed by atoms with Crippen molar-refractivity contribution in [1.29, 1.82) is 0 Å². The summed E-state index contributed by atoms with van der Waals surface area (Å²) in [6, 6.07) is 7.85. The second kappa shape index (κ2) is 7.29. The third kappa shape index (κ3) is 3.73. The van der Waals surface area contributed by atoms with E-state index in [1.54, 1.807) is 18.0 Å². The van der Waals surface area contributed by atoms with Crippen LogP contribution in [0.25, 0.3) is 0 Å². The molecule has 2 aromatic rings. The summed E-state index contributed by atoms with van der Waals surface area (Å²) >= 11 is 1.78. The molecular weight excluding hydrogens is 268 g/mol. The maximum atomic E-state index is 12.3. The number of carbonyl (C=O) groups is 1. The minimum absolute atomic E-state index is 0.126. The Morgan fingerprint density at radius 3 is 2.65 bits per heavy atom. The van der Waals surface area contributed by atoms with Crippen LogP contribution >= 0.6 is 11.8 Å². The highest BCUT2D eigenvalue weighted by molar-refractivity contribution is 7.99. The van der Waals surface area contributed by atoms with Crippen molar-refractivity contribution in [3.05, 3.63) is 48.0 Å². The van der Waals surface area contributed by atoms with Crippen LogP contribution < -0.4 is 0 Å². The quantitative estimate of drug-likeness (QED) is 0.573. The normalized spacial score (nSPS) is 10.7. The number of ketones is 1. The molecule has 0 spiro atoms. The van der Waals surface area contributed by atoms with Crippen LogP contribution in [0.1, 0.15) is 36.5 Å². The van der Waals surface area contributed by atoms with E-state index in [9.17, 15) is 4.79 Å². The molecule has 1 aromatic heterocycles. The summed E-state index contributed by atoms with van der Waals surface area (Å²) in [5.41, 5.74) is 0.761. The number of aryl methyl sites for hydroxylation is 1. The number of Topliss-reactive ketones (excluding diaryl/α,β-unsaturated/α-hetero) is 1. The van der Waals surface area contributed by atoms with Crippen molar-refractivity contribution in [2.75, 3.05) is 5.75 Å². The molecule has 0 amide bonds. The van der Waals surface area contributed by atoms with E-state index in [1.807, 2.05) is 30.5 Å². The number of thioether (sulfide) groups is 1. The van der Waals surface area contributed by atoms with E-state index in [2.05, 4.69) is 23.4 Å². The molecule has 20 heavy (non-hydrogen) atoms. The van der Waals surface area contributed by atoms with Gasteiger partial charge in [0.05, 0.1) is 6.42 Å². The predicted molar refractivity (Wildman–Crippen MR) is 83.4 cm³/mol. The van der Waals surface area contributed by atoms with Crippen LogP contribution in [-0.4, -0.2) is 21.1 Å². The van der Waals surface area contributed by atoms with Crippen LogP contribution in [0.15, 0.2) is 41.6 Å². The first kappa shape index (κ1) is 14.9. The highest BCUT2D eigenvalue weighted by atomic mass is 32.2. The van der Waals surface area contributed by atoms with E-state index in [1.165, 1.54) is 4.90 Å². The Morgan fingerprint density at radius 1 is 1.25 bits per heavy atom. The lowest BCUT2D eigenvalue weighted by Gasteiger charge is -2.06. The van der Waals surface area contributed by atoms with E-state index in [0.29, 0.717) is 6.42 Å². The SMILES string of the molecule is CCCn1ccnc1CC(=O)c1ccc(SCC)cc1. The van der Waals surface area contributed by atoms with E-state index in [4.69, 9.17) is 0 Å². The number of benzene rings is 1. The standard InChI is InChI=1S/C16H20N2OS/c1-3-10-18-11-9-17-16(18)12-15(19)13-5-7-14(8-6-13)20-4-2/h5-9,11H,3-4,10,12H2,1-2H3. The van der Waals surface area contributed by atoms with Gasteiger partial charge in [-0.15, -0.1) is 11.8 Å². The molecule has 0 N–H and O–H groups in total. The zero-order valence-corrected chi connectivity index (χ0v) is 12.8. The third-order valence-corrected chi connectivity index (χ3v) is 3.97. The number of imidazole rings is 1. The first-order valence-electron chi connectivity index (χ1n) is 7.00. The van der Waals surface area contributed by atoms with Crippen molar-refractivity contribution < 1.29 is 4.79 Å². The number of rotatable bonds is 7. The molecule has 1 aromatic carbocycles. The average Bonchev–Trinajstić information content (AvgIpc) is 2.88. The molecular formula is C16H20N2OS. The highest BCUT2D eigenvalue weighted by Gasteiger charge is 2.11. The van der Waals surface area contributed by atoms with Gasteiger partial charge in [0.1, 0.15) is 5.82 Å². The molecule has 0 saturated carbocycles. The molecule has 1 heterocycles. The van der Waals surface area contributed by atoms with Crippen molar-refractivity contribution in [2.24, 2.45) is 0 Å². The summed E-state index contributed by atoms with van der Waals surface area (Å²) in [4.78, 5) is 17.8. The predicted octanol–water partition coefficient (Wildman–Crippen LogP) is 3.83. The zero-order valence-electron chi connectivity index (χ0n) is 12.0. The average molecular weight is 288 g/mol. The maximum absolute atomic E-state index is 12.3. The molecule has 0 aliphatic carbocycles. The van der Waals surface area contributed by atoms with Crippen molar-refractivity contribution in [1.82, 2.24) is 9.55 Å². The number of carbonyl (C=O) groups excluding carboxylic acids is 1. The fraction of sp³-hybridized carbons (Fsp3) is 0.375. The van der Waals surface area contributed by atoms with Crippen LogP contribution in [0.2, 0.25) is 0 Å². The van der Waals surface area contributed by atoms with Gasteiger partial charge in [0.2, 0.25) is 0 Å². The van der Waals surface area contributed by atoms with Gasteiger partial charge in [0, 0.05) is 29.4 Å². The monoisotopic (exact) mass is 288 g/mol. The summed E-state index contributed by atoms with van der Waals surface area (Å²) in [5, 5.41) is 0. The van der Waals surface area contributed by atoms with Gasteiger partial charge in [-0.05, 0) is 24.3 Å². The summed E-state index contributed by atoms with van der Waals surface area (Å²) < 4.78 is 2.05. The van der Waals surface area contributed by atoms with Gasteiger partial charge in [-0.3, -0.25) is 4.79 Å². The Labute approximate surface area is 124 Å². The number of hydrogen-bond donors (Lipinski definition) is 0. The summed E-state index contributed by atoms with van der Waals surface area (Å²) in [5.74, 6) is 2.02. The van der Waals surface area contributed by atoms with Crippen LogP contribution in [0.4, 0.5) is 0 Å². The Morgan fingerprint density at radius 2 is 2.00 bits per heavy atom. The third-order valence-electron chi connectivity index (χ3n) is 3.07. The second-order valence-corrected chi connectivity index (χ2v) is 5.93. The van der Waals surface area contributed by atoms with Gasteiger partial charge in [0.25, 0.3) is 0 Å². The second-order valence-electron chi connectivity index (χ2n) is 4.59. The van der Waals surface area contributed by atoms with Crippen molar-refractivity contribution in [3.63, 3.8) is 0 Å². The van der Waals surface area contributed by atoms with E-state index in [0.717, 1.165) is 30.1 Å². The topological polar surface area (TPSA) is 34.9 Å². The Kier molecular flexibility index (Phi) is 5.41. The van der Waals surface area contributed by atoms with Crippen LogP contribution in [0.5, 0.6) is 0 Å². The van der Waals surface area contributed by atoms with Crippen molar-refractivity contribution in [3.8, 4) is 0 Å². The van der Waals surface area contributed by atoms with Gasteiger partial charge in [-0.25, -0.2) is 4.98 Å². The summed E-state index contributed by atoms with van der Waals surface area (Å²) in [6.07, 6.45) is 5.11. The molecule has 106 valence electrons. The van der Waals surface area contributed by atoms with Crippen LogP contribution in [-0.2, 0) is 13.0 Å². The largest absolute Gasteiger partial charge is 0.335 e. The minimum Gasteiger partial charge on any atom is -0.335 e. The molecule has 4 heteroatoms. The molecule has 0 bridgehead atoms. The Bertz CT molecular complexity index is 560. The Hall–Kier alpha value is -1.55. The van der Waals surface area contributed by atoms with Crippen molar-refractivity contribution in [2.45, 2.75) is 38.1 Å². The number of aromatic nitrogens is 2. The first-order chi connectivity index (χ1) is 9.74. The molecule has 0 aliphatic rings. The molecule has 0 unspecified atom stereocenters. The lowest BCUT2D eigenvalue weighted by Crippen LogP contribution is -2.10. The lowest BCUT2D eigenvalue weighted by molar-refractivity contribution is 0.0989. The van der Waals surface area contributed by atoms with Gasteiger partial charge in [0.15, 0.2) is 5.78 Å².